The molecule has 0 aromatic carbocycles. The number of nitrogens with zero attached hydrogens (tertiary/aromatic N) is 1. The Balaban J connectivity index is -0.000000147. The maximum atomic E-state index is 9.75. The number of esters is 1. The molecule has 1 N–H and O–H groups in total. The molecule has 0 unspecified atom stereocenters. The molecule has 5 nitrogen and oxygen atoms in total. The summed E-state index contributed by atoms with van der Waals surface area (Å²) in [5, 5.41) is 15.1. The van der Waals surface area contributed by atoms with Crippen LogP contribution < -0.4 is 0 Å². The Hall–Kier alpha value is -2.35. The molecule has 15 heavy (non-hydrogen) atoms. The second-order valence-corrected chi connectivity index (χ2v) is 1.65. The summed E-state index contributed by atoms with van der Waals surface area (Å²) in [5.41, 5.74) is 0. The number of carbonyl (C=O) groups excluding carboxylic acids is 1. The smallest absolute Gasteiger partial charge is 0.327 e. The van der Waals surface area contributed by atoms with Crippen LogP contribution in [0, 0.1) is 11.3 Å². The van der Waals surface area contributed by atoms with Gasteiger partial charge in [0, 0.05) is 19.1 Å². The molecule has 0 aliphatic rings. The van der Waals surface area contributed by atoms with Crippen molar-refractivity contribution in [2.45, 2.75) is 6.92 Å². The van der Waals surface area contributed by atoms with Crippen LogP contribution in [0.25, 0.3) is 0 Å². The van der Waals surface area contributed by atoms with Crippen molar-refractivity contribution in [1.29, 1.82) is 5.26 Å². The molecule has 0 aliphatic carbocycles. The molecular weight excluding hydrogens is 198 g/mol. The van der Waals surface area contributed by atoms with Crippen molar-refractivity contribution >= 4 is 11.9 Å². The van der Waals surface area contributed by atoms with E-state index >= 15 is 0 Å². The van der Waals surface area contributed by atoms with Crippen molar-refractivity contribution in [2.24, 2.45) is 0 Å². The molecule has 0 saturated carbocycles. The van der Waals surface area contributed by atoms with Gasteiger partial charge in [0.25, 0.3) is 0 Å². The lowest BCUT2D eigenvalue weighted by Gasteiger charge is -1.83. The van der Waals surface area contributed by atoms with Crippen LogP contribution in [0.1, 0.15) is 6.92 Å². The largest absolute Gasteiger partial charge is 0.478 e. The minimum absolute atomic E-state index is 0.329. The monoisotopic (exact) mass is 211 g/mol. The van der Waals surface area contributed by atoms with E-state index in [-0.39, 0.29) is 5.97 Å². The summed E-state index contributed by atoms with van der Waals surface area (Å²) in [5.74, 6) is -1.31. The average Bonchev–Trinajstić information content (AvgIpc) is 2.19. The van der Waals surface area contributed by atoms with E-state index in [1.54, 1.807) is 6.07 Å². The molecular formula is C10H13NO4. The van der Waals surface area contributed by atoms with Crippen LogP contribution in [-0.4, -0.2) is 17.0 Å². The third-order valence-corrected chi connectivity index (χ3v) is 0.515. The molecule has 0 atom stereocenters. The van der Waals surface area contributed by atoms with Gasteiger partial charge >= 0.3 is 11.9 Å². The summed E-state index contributed by atoms with van der Waals surface area (Å²) < 4.78 is 4.17. The van der Waals surface area contributed by atoms with Gasteiger partial charge in [-0.15, -0.1) is 0 Å². The lowest BCUT2D eigenvalue weighted by atomic mass is 10.7. The fourth-order valence-electron chi connectivity index (χ4n) is 0.117. The van der Waals surface area contributed by atoms with E-state index in [0.29, 0.717) is 0 Å². The second kappa shape index (κ2) is 17.7. The van der Waals surface area contributed by atoms with Crippen molar-refractivity contribution in [3.63, 3.8) is 0 Å². The van der Waals surface area contributed by atoms with Crippen LogP contribution in [0.2, 0.25) is 0 Å². The minimum atomic E-state index is -0.981. The molecule has 0 amide bonds. The van der Waals surface area contributed by atoms with Crippen LogP contribution in [0.15, 0.2) is 38.2 Å². The Kier molecular flexibility index (Phi) is 21.7. The SMILES string of the molecule is C=CC#N.C=CC(=O)O.C=COC(C)=O. The number of aliphatic carboxylic acids is 1. The topological polar surface area (TPSA) is 87.4 Å². The number of rotatable bonds is 2. The molecule has 0 rings (SSSR count). The molecule has 0 aliphatic heterocycles. The minimum Gasteiger partial charge on any atom is -0.478 e. The maximum absolute atomic E-state index is 9.75. The first-order valence-electron chi connectivity index (χ1n) is 3.60. The molecule has 0 aromatic heterocycles. The molecule has 0 spiro atoms. The van der Waals surface area contributed by atoms with Crippen LogP contribution in [0.4, 0.5) is 0 Å². The van der Waals surface area contributed by atoms with Crippen molar-refractivity contribution in [1.82, 2.24) is 0 Å². The third-order valence-electron chi connectivity index (χ3n) is 0.515. The van der Waals surface area contributed by atoms with Crippen molar-refractivity contribution < 1.29 is 19.4 Å². The molecule has 0 fully saturated rings. The fraction of sp³-hybridized carbons (Fsp3) is 0.100. The first-order valence-corrected chi connectivity index (χ1v) is 3.60. The van der Waals surface area contributed by atoms with Crippen molar-refractivity contribution in [3.8, 4) is 6.07 Å². The number of hydrogen-bond acceptors (Lipinski definition) is 4. The lowest BCUT2D eigenvalue weighted by molar-refractivity contribution is -0.135. The molecule has 0 radical (unpaired) electrons. The number of nitriles is 1. The Morgan fingerprint density at radius 3 is 1.73 bits per heavy atom. The highest BCUT2D eigenvalue weighted by atomic mass is 16.5. The summed E-state index contributed by atoms with van der Waals surface area (Å²) in [6.45, 7) is 10.6. The summed E-state index contributed by atoms with van der Waals surface area (Å²) in [6, 6.07) is 1.69. The van der Waals surface area contributed by atoms with Crippen LogP contribution in [0.3, 0.4) is 0 Å². The van der Waals surface area contributed by atoms with Gasteiger partial charge in [-0.3, -0.25) is 4.79 Å². The molecule has 0 aromatic rings. The molecule has 0 heterocycles. The van der Waals surface area contributed by atoms with E-state index in [4.69, 9.17) is 10.4 Å². The van der Waals surface area contributed by atoms with Crippen LogP contribution >= 0.6 is 0 Å². The lowest BCUT2D eigenvalue weighted by Crippen LogP contribution is -1.87. The standard InChI is InChI=1S/C4H6O2.C3H3N.C3H4O2/c1-3-6-4(2)5;1-2-3-4;1-2-3(4)5/h3H,1H2,2H3;2H,1H2;2H,1H2,(H,4,5). The summed E-state index contributed by atoms with van der Waals surface area (Å²) in [6.07, 6.45) is 3.11. The maximum Gasteiger partial charge on any atom is 0.327 e. The predicted molar refractivity (Wildman–Crippen MR) is 55.6 cm³/mol. The summed E-state index contributed by atoms with van der Waals surface area (Å²) in [4.78, 5) is 19.0. The van der Waals surface area contributed by atoms with Gasteiger partial charge in [-0.1, -0.05) is 19.7 Å². The first kappa shape index (κ1) is 18.4. The van der Waals surface area contributed by atoms with E-state index in [9.17, 15) is 9.59 Å². The average molecular weight is 211 g/mol. The highest BCUT2D eigenvalue weighted by Crippen LogP contribution is 1.70. The number of ether oxygens (including phenoxy) is 1. The number of carbonyl (C=O) groups is 2. The molecule has 82 valence electrons. The summed E-state index contributed by atoms with van der Waals surface area (Å²) >= 11 is 0. The zero-order chi connectivity index (χ0) is 12.7. The number of carboxylic acid groups (broad SMARTS) is 1. The van der Waals surface area contributed by atoms with Crippen molar-refractivity contribution in [2.75, 3.05) is 0 Å². The van der Waals surface area contributed by atoms with E-state index in [2.05, 4.69) is 24.5 Å². The van der Waals surface area contributed by atoms with E-state index < -0.39 is 5.97 Å². The number of carboxylic acids is 1. The third kappa shape index (κ3) is 81.4. The van der Waals surface area contributed by atoms with E-state index in [1.807, 2.05) is 0 Å². The Bertz CT molecular complexity index is 263. The molecule has 5 heteroatoms. The van der Waals surface area contributed by atoms with Crippen LogP contribution in [-0.2, 0) is 14.3 Å². The Labute approximate surface area is 88.6 Å². The fourth-order valence-corrected chi connectivity index (χ4v) is 0.117. The second-order valence-electron chi connectivity index (χ2n) is 1.65. The van der Waals surface area contributed by atoms with Gasteiger partial charge in [-0.2, -0.15) is 5.26 Å². The van der Waals surface area contributed by atoms with Gasteiger partial charge in [-0.05, 0) is 0 Å². The highest BCUT2D eigenvalue weighted by molar-refractivity contribution is 5.78. The quantitative estimate of drug-likeness (QED) is 0.324. The van der Waals surface area contributed by atoms with Crippen LogP contribution in [0.5, 0.6) is 0 Å². The molecule has 0 bridgehead atoms. The highest BCUT2D eigenvalue weighted by Gasteiger charge is 1.79. The van der Waals surface area contributed by atoms with Gasteiger partial charge in [0.1, 0.15) is 0 Å². The molecule has 0 saturated heterocycles. The summed E-state index contributed by atoms with van der Waals surface area (Å²) in [7, 11) is 0. The van der Waals surface area contributed by atoms with Gasteiger partial charge < -0.3 is 9.84 Å². The van der Waals surface area contributed by atoms with Gasteiger partial charge in [0.05, 0.1) is 12.3 Å². The Morgan fingerprint density at radius 1 is 1.40 bits per heavy atom. The van der Waals surface area contributed by atoms with Gasteiger partial charge in [0.15, 0.2) is 0 Å². The zero-order valence-corrected chi connectivity index (χ0v) is 8.47. The van der Waals surface area contributed by atoms with E-state index in [1.165, 1.54) is 13.0 Å². The van der Waals surface area contributed by atoms with Gasteiger partial charge in [0.2, 0.25) is 0 Å². The van der Waals surface area contributed by atoms with E-state index in [0.717, 1.165) is 12.3 Å². The first-order chi connectivity index (χ1) is 6.95. The normalized spacial score (nSPS) is 5.87. The zero-order valence-electron chi connectivity index (χ0n) is 8.47. The van der Waals surface area contributed by atoms with Gasteiger partial charge in [-0.25, -0.2) is 4.79 Å². The van der Waals surface area contributed by atoms with Crippen molar-refractivity contribution in [3.05, 3.63) is 38.2 Å². The Morgan fingerprint density at radius 2 is 1.73 bits per heavy atom. The number of allylic oxidation sites excluding steroid dienone is 1. The predicted octanol–water partition coefficient (Wildman–Crippen LogP) is 1.65. The number of hydrogen-bond donors (Lipinski definition) is 1.